The maximum Gasteiger partial charge on any atom is 0.256 e. The van der Waals surface area contributed by atoms with E-state index in [1.165, 1.54) is 25.3 Å². The summed E-state index contributed by atoms with van der Waals surface area (Å²) in [5.74, 6) is -0.00886. The van der Waals surface area contributed by atoms with Gasteiger partial charge < -0.3 is 15.2 Å². The largest absolute Gasteiger partial charge is 0.495 e. The van der Waals surface area contributed by atoms with Gasteiger partial charge in [-0.3, -0.25) is 4.79 Å². The fourth-order valence-electron chi connectivity index (χ4n) is 2.34. The van der Waals surface area contributed by atoms with Crippen molar-refractivity contribution in [2.45, 2.75) is 18.2 Å². The molecule has 0 saturated heterocycles. The molecule has 26 heavy (non-hydrogen) atoms. The van der Waals surface area contributed by atoms with Crippen molar-refractivity contribution in [1.82, 2.24) is 4.72 Å². The van der Waals surface area contributed by atoms with Crippen LogP contribution in [0.5, 0.6) is 5.75 Å². The van der Waals surface area contributed by atoms with Crippen molar-refractivity contribution < 1.29 is 23.1 Å². The molecule has 0 aliphatic heterocycles. The third kappa shape index (κ3) is 4.81. The topological polar surface area (TPSA) is 105 Å². The number of sulfonamides is 1. The number of aliphatic hydroxyl groups is 1. The zero-order chi connectivity index (χ0) is 19.2. The molecule has 3 N–H and O–H groups in total. The molecule has 8 heteroatoms. The molecule has 0 aliphatic carbocycles. The van der Waals surface area contributed by atoms with E-state index in [1.807, 2.05) is 19.1 Å². The van der Waals surface area contributed by atoms with Gasteiger partial charge in [0.25, 0.3) is 5.91 Å². The van der Waals surface area contributed by atoms with Crippen molar-refractivity contribution in [3.8, 4) is 5.75 Å². The first-order chi connectivity index (χ1) is 12.4. The van der Waals surface area contributed by atoms with Crippen LogP contribution in [-0.4, -0.2) is 39.7 Å². The van der Waals surface area contributed by atoms with Crippen LogP contribution in [-0.2, 0) is 10.0 Å². The molecule has 0 fully saturated rings. The molecule has 0 spiro atoms. The van der Waals surface area contributed by atoms with Gasteiger partial charge in [0.15, 0.2) is 0 Å². The van der Waals surface area contributed by atoms with Gasteiger partial charge in [-0.25, -0.2) is 13.1 Å². The minimum absolute atomic E-state index is 0.00340. The summed E-state index contributed by atoms with van der Waals surface area (Å²) >= 11 is 0. The fourth-order valence-corrected chi connectivity index (χ4v) is 3.44. The zero-order valence-corrected chi connectivity index (χ0v) is 15.5. The van der Waals surface area contributed by atoms with E-state index >= 15 is 0 Å². The second-order valence-corrected chi connectivity index (χ2v) is 7.37. The highest BCUT2D eigenvalue weighted by Gasteiger charge is 2.18. The number of carbonyl (C=O) groups is 1. The summed E-state index contributed by atoms with van der Waals surface area (Å²) in [5, 5.41) is 11.5. The molecule has 0 unspecified atom stereocenters. The molecule has 0 bridgehead atoms. The predicted octanol–water partition coefficient (Wildman–Crippen LogP) is 1.92. The zero-order valence-electron chi connectivity index (χ0n) is 14.7. The number of benzene rings is 2. The van der Waals surface area contributed by atoms with Crippen LogP contribution in [0, 0.1) is 6.92 Å². The van der Waals surface area contributed by atoms with Gasteiger partial charge in [0, 0.05) is 18.7 Å². The van der Waals surface area contributed by atoms with Gasteiger partial charge in [-0.05, 0) is 43.2 Å². The summed E-state index contributed by atoms with van der Waals surface area (Å²) in [6.07, 6.45) is 0.312. The number of aliphatic hydroxyl groups excluding tert-OH is 1. The van der Waals surface area contributed by atoms with E-state index in [9.17, 15) is 13.2 Å². The lowest BCUT2D eigenvalue weighted by molar-refractivity contribution is 0.102. The number of methoxy groups -OCH3 is 1. The second kappa shape index (κ2) is 8.79. The quantitative estimate of drug-likeness (QED) is 0.609. The number of anilines is 1. The SMILES string of the molecule is COc1ccc(S(=O)(=O)NCCCO)cc1NC(=O)c1ccccc1C. The minimum atomic E-state index is -3.76. The van der Waals surface area contributed by atoms with Crippen LogP contribution in [0.4, 0.5) is 5.69 Å². The molecular weight excluding hydrogens is 356 g/mol. The Morgan fingerprint density at radius 3 is 2.58 bits per heavy atom. The van der Waals surface area contributed by atoms with Crippen LogP contribution >= 0.6 is 0 Å². The molecule has 0 aliphatic rings. The third-order valence-corrected chi connectivity index (χ3v) is 5.20. The van der Waals surface area contributed by atoms with E-state index in [-0.39, 0.29) is 29.6 Å². The summed E-state index contributed by atoms with van der Waals surface area (Å²) in [4.78, 5) is 12.5. The lowest BCUT2D eigenvalue weighted by Gasteiger charge is -2.13. The van der Waals surface area contributed by atoms with Gasteiger partial charge in [-0.15, -0.1) is 0 Å². The maximum absolute atomic E-state index is 12.5. The lowest BCUT2D eigenvalue weighted by atomic mass is 10.1. The van der Waals surface area contributed by atoms with E-state index in [1.54, 1.807) is 12.1 Å². The van der Waals surface area contributed by atoms with E-state index in [0.29, 0.717) is 17.7 Å². The first kappa shape index (κ1) is 19.9. The van der Waals surface area contributed by atoms with Gasteiger partial charge in [-0.1, -0.05) is 18.2 Å². The normalized spacial score (nSPS) is 11.2. The van der Waals surface area contributed by atoms with Crippen LogP contribution in [0.3, 0.4) is 0 Å². The Hall–Kier alpha value is -2.42. The van der Waals surface area contributed by atoms with E-state index in [4.69, 9.17) is 9.84 Å². The lowest BCUT2D eigenvalue weighted by Crippen LogP contribution is -2.25. The number of rotatable bonds is 8. The molecule has 0 atom stereocenters. The summed E-state index contributed by atoms with van der Waals surface area (Å²) in [6, 6.07) is 11.3. The Balaban J connectivity index is 2.30. The second-order valence-electron chi connectivity index (χ2n) is 5.61. The van der Waals surface area contributed by atoms with Crippen LogP contribution < -0.4 is 14.8 Å². The van der Waals surface area contributed by atoms with E-state index in [0.717, 1.165) is 5.56 Å². The highest BCUT2D eigenvalue weighted by Crippen LogP contribution is 2.28. The number of amides is 1. The number of nitrogens with one attached hydrogen (secondary N) is 2. The standard InChI is InChI=1S/C18H22N2O5S/c1-13-6-3-4-7-15(13)18(22)20-16-12-14(8-9-17(16)25-2)26(23,24)19-10-5-11-21/h3-4,6-9,12,19,21H,5,10-11H2,1-2H3,(H,20,22). The minimum Gasteiger partial charge on any atom is -0.495 e. The molecule has 0 heterocycles. The van der Waals surface area contributed by atoms with E-state index in [2.05, 4.69) is 10.0 Å². The van der Waals surface area contributed by atoms with Gasteiger partial charge in [0.2, 0.25) is 10.0 Å². The Bertz CT molecular complexity index is 881. The molecule has 2 aromatic rings. The van der Waals surface area contributed by atoms with Crippen molar-refractivity contribution in [3.63, 3.8) is 0 Å². The number of hydrogen-bond acceptors (Lipinski definition) is 5. The molecular formula is C18H22N2O5S. The molecule has 2 aromatic carbocycles. The molecule has 2 rings (SSSR count). The Labute approximate surface area is 153 Å². The Morgan fingerprint density at radius 2 is 1.92 bits per heavy atom. The number of aryl methyl sites for hydroxylation is 1. The van der Waals surface area contributed by atoms with Crippen molar-refractivity contribution in [2.75, 3.05) is 25.6 Å². The highest BCUT2D eigenvalue weighted by atomic mass is 32.2. The van der Waals surface area contributed by atoms with Crippen LogP contribution in [0.15, 0.2) is 47.4 Å². The summed E-state index contributed by atoms with van der Waals surface area (Å²) < 4.78 is 32.3. The van der Waals surface area contributed by atoms with Crippen molar-refractivity contribution in [3.05, 3.63) is 53.6 Å². The Kier molecular flexibility index (Phi) is 6.73. The van der Waals surface area contributed by atoms with Crippen LogP contribution in [0.2, 0.25) is 0 Å². The summed E-state index contributed by atoms with van der Waals surface area (Å²) in [7, 11) is -2.32. The van der Waals surface area contributed by atoms with Gasteiger partial charge in [0.05, 0.1) is 17.7 Å². The van der Waals surface area contributed by atoms with E-state index < -0.39 is 10.0 Å². The van der Waals surface area contributed by atoms with Gasteiger partial charge in [0.1, 0.15) is 5.75 Å². The average Bonchev–Trinajstić information content (AvgIpc) is 2.62. The molecule has 140 valence electrons. The van der Waals surface area contributed by atoms with Gasteiger partial charge >= 0.3 is 0 Å². The fraction of sp³-hybridized carbons (Fsp3) is 0.278. The maximum atomic E-state index is 12.5. The summed E-state index contributed by atoms with van der Waals surface area (Å²) in [5.41, 5.74) is 1.55. The van der Waals surface area contributed by atoms with Crippen molar-refractivity contribution in [2.24, 2.45) is 0 Å². The molecule has 0 saturated carbocycles. The Morgan fingerprint density at radius 1 is 1.19 bits per heavy atom. The number of ether oxygens (including phenoxy) is 1. The first-order valence-electron chi connectivity index (χ1n) is 8.04. The molecule has 1 amide bonds. The monoisotopic (exact) mass is 378 g/mol. The van der Waals surface area contributed by atoms with Crippen molar-refractivity contribution in [1.29, 1.82) is 0 Å². The highest BCUT2D eigenvalue weighted by molar-refractivity contribution is 7.89. The number of hydrogen-bond donors (Lipinski definition) is 3. The molecule has 0 radical (unpaired) electrons. The number of carbonyl (C=O) groups excluding carboxylic acids is 1. The molecule has 7 nitrogen and oxygen atoms in total. The van der Waals surface area contributed by atoms with Crippen molar-refractivity contribution >= 4 is 21.6 Å². The summed E-state index contributed by atoms with van der Waals surface area (Å²) in [6.45, 7) is 1.83. The van der Waals surface area contributed by atoms with Gasteiger partial charge in [-0.2, -0.15) is 0 Å². The van der Waals surface area contributed by atoms with Crippen LogP contribution in [0.25, 0.3) is 0 Å². The van der Waals surface area contributed by atoms with Crippen LogP contribution in [0.1, 0.15) is 22.3 Å². The average molecular weight is 378 g/mol. The smallest absolute Gasteiger partial charge is 0.256 e. The third-order valence-electron chi connectivity index (χ3n) is 3.75. The molecule has 0 aromatic heterocycles. The first-order valence-corrected chi connectivity index (χ1v) is 9.53. The predicted molar refractivity (Wildman–Crippen MR) is 99.0 cm³/mol.